The predicted molar refractivity (Wildman–Crippen MR) is 106 cm³/mol. The molecule has 0 spiro atoms. The maximum absolute atomic E-state index is 13.9. The molecule has 0 saturated heterocycles. The van der Waals surface area contributed by atoms with Gasteiger partial charge in [-0.2, -0.15) is 5.10 Å². The molecule has 1 atom stereocenters. The van der Waals surface area contributed by atoms with E-state index in [4.69, 9.17) is 9.47 Å². The average Bonchev–Trinajstić information content (AvgIpc) is 3.27. The highest BCUT2D eigenvalue weighted by Gasteiger charge is 2.18. The molecule has 0 fully saturated rings. The third-order valence-electron chi connectivity index (χ3n) is 4.63. The monoisotopic (exact) mass is 409 g/mol. The first-order valence-corrected chi connectivity index (χ1v) is 9.10. The number of halogens is 2. The normalized spacial score (nSPS) is 12.0. The van der Waals surface area contributed by atoms with Crippen molar-refractivity contribution in [1.29, 1.82) is 0 Å². The average molecular weight is 409 g/mol. The molecule has 0 radical (unpaired) electrons. The van der Waals surface area contributed by atoms with Gasteiger partial charge in [-0.15, -0.1) is 0 Å². The number of carbonyl (C=O) groups is 1. The van der Waals surface area contributed by atoms with E-state index in [1.54, 1.807) is 48.3 Å². The van der Waals surface area contributed by atoms with Crippen LogP contribution >= 0.6 is 0 Å². The molecular formula is C22H17F2N3O3. The summed E-state index contributed by atoms with van der Waals surface area (Å²) in [5.41, 5.74) is 1.80. The van der Waals surface area contributed by atoms with Crippen LogP contribution < -0.4 is 4.74 Å². The molecule has 0 aliphatic carbocycles. The van der Waals surface area contributed by atoms with Crippen LogP contribution in [0, 0.1) is 11.6 Å². The van der Waals surface area contributed by atoms with Crippen LogP contribution in [0.1, 0.15) is 28.9 Å². The van der Waals surface area contributed by atoms with Crippen molar-refractivity contribution < 1.29 is 23.0 Å². The Hall–Kier alpha value is -3.81. The van der Waals surface area contributed by atoms with Crippen molar-refractivity contribution >= 4 is 16.9 Å². The highest BCUT2D eigenvalue weighted by Crippen LogP contribution is 2.29. The third kappa shape index (κ3) is 3.71. The Morgan fingerprint density at radius 1 is 1.17 bits per heavy atom. The van der Waals surface area contributed by atoms with Gasteiger partial charge < -0.3 is 9.47 Å². The molecule has 6 nitrogen and oxygen atoms in total. The van der Waals surface area contributed by atoms with E-state index in [0.29, 0.717) is 22.6 Å². The number of methoxy groups -OCH3 is 1. The second-order valence-electron chi connectivity index (χ2n) is 6.61. The topological polar surface area (TPSA) is 66.2 Å². The molecule has 2 heterocycles. The fourth-order valence-corrected chi connectivity index (χ4v) is 3.23. The number of hydrogen-bond donors (Lipinski definition) is 0. The summed E-state index contributed by atoms with van der Waals surface area (Å²) in [6, 6.07) is 10.3. The molecule has 2 aromatic carbocycles. The largest absolute Gasteiger partial charge is 0.484 e. The number of pyridine rings is 1. The molecule has 8 heteroatoms. The lowest BCUT2D eigenvalue weighted by Crippen LogP contribution is -2.11. The predicted octanol–water partition coefficient (Wildman–Crippen LogP) is 4.63. The SMILES string of the molecule is COC(=O)c1ccc(-n2cccn2)c(C(C)Oc2cnc3c(F)cc(F)cc3c2)c1. The van der Waals surface area contributed by atoms with Crippen LogP contribution in [0.3, 0.4) is 0 Å². The van der Waals surface area contributed by atoms with Gasteiger partial charge in [-0.1, -0.05) is 0 Å². The zero-order chi connectivity index (χ0) is 21.3. The number of carbonyl (C=O) groups excluding carboxylic acids is 1. The van der Waals surface area contributed by atoms with Crippen molar-refractivity contribution in [2.75, 3.05) is 7.11 Å². The van der Waals surface area contributed by atoms with E-state index in [-0.39, 0.29) is 10.9 Å². The number of nitrogens with zero attached hydrogens (tertiary/aromatic N) is 3. The zero-order valence-corrected chi connectivity index (χ0v) is 16.2. The van der Waals surface area contributed by atoms with Crippen molar-refractivity contribution in [2.24, 2.45) is 0 Å². The summed E-state index contributed by atoms with van der Waals surface area (Å²) in [4.78, 5) is 16.0. The molecule has 30 heavy (non-hydrogen) atoms. The summed E-state index contributed by atoms with van der Waals surface area (Å²) in [6.07, 6.45) is 4.25. The number of fused-ring (bicyclic) bond motifs is 1. The number of esters is 1. The van der Waals surface area contributed by atoms with Crippen LogP contribution in [0.25, 0.3) is 16.6 Å². The Balaban J connectivity index is 1.72. The summed E-state index contributed by atoms with van der Waals surface area (Å²) in [5, 5.41) is 4.53. The molecule has 152 valence electrons. The molecule has 0 amide bonds. The minimum atomic E-state index is -0.739. The molecule has 0 N–H and O–H groups in total. The van der Waals surface area contributed by atoms with Gasteiger partial charge >= 0.3 is 5.97 Å². The Morgan fingerprint density at radius 2 is 2.00 bits per heavy atom. The fourth-order valence-electron chi connectivity index (χ4n) is 3.23. The van der Waals surface area contributed by atoms with Gasteiger partial charge in [0.25, 0.3) is 0 Å². The zero-order valence-electron chi connectivity index (χ0n) is 16.2. The number of benzene rings is 2. The van der Waals surface area contributed by atoms with E-state index in [9.17, 15) is 13.6 Å². The summed E-state index contributed by atoms with van der Waals surface area (Å²) in [5.74, 6) is -1.58. The summed E-state index contributed by atoms with van der Waals surface area (Å²) in [7, 11) is 1.31. The van der Waals surface area contributed by atoms with Gasteiger partial charge in [0.1, 0.15) is 23.2 Å². The van der Waals surface area contributed by atoms with Gasteiger partial charge in [0.2, 0.25) is 0 Å². The van der Waals surface area contributed by atoms with Crippen molar-refractivity contribution in [3.63, 3.8) is 0 Å². The van der Waals surface area contributed by atoms with Crippen molar-refractivity contribution in [3.8, 4) is 11.4 Å². The summed E-state index contributed by atoms with van der Waals surface area (Å²) >= 11 is 0. The Bertz CT molecular complexity index is 1230. The van der Waals surface area contributed by atoms with Crippen molar-refractivity contribution in [1.82, 2.24) is 14.8 Å². The Morgan fingerprint density at radius 3 is 2.73 bits per heavy atom. The van der Waals surface area contributed by atoms with Crippen molar-refractivity contribution in [2.45, 2.75) is 13.0 Å². The smallest absolute Gasteiger partial charge is 0.337 e. The maximum atomic E-state index is 13.9. The second-order valence-corrected chi connectivity index (χ2v) is 6.61. The molecule has 2 aromatic heterocycles. The maximum Gasteiger partial charge on any atom is 0.337 e. The number of ether oxygens (including phenoxy) is 2. The fraction of sp³-hybridized carbons (Fsp3) is 0.136. The standard InChI is InChI=1S/C22H17F2N3O3/c1-13(30-17-9-15-8-16(23)11-19(24)21(15)25-12-17)18-10-14(22(28)29-2)4-5-20(18)27-7-3-6-26-27/h3-13H,1-2H3. The third-order valence-corrected chi connectivity index (χ3v) is 4.63. The highest BCUT2D eigenvalue weighted by molar-refractivity contribution is 5.90. The van der Waals surface area contributed by atoms with E-state index >= 15 is 0 Å². The lowest BCUT2D eigenvalue weighted by Gasteiger charge is -2.19. The first-order chi connectivity index (χ1) is 14.5. The molecule has 4 rings (SSSR count). The van der Waals surface area contributed by atoms with Crippen LogP contribution in [0.5, 0.6) is 5.75 Å². The van der Waals surface area contributed by atoms with E-state index in [0.717, 1.165) is 6.07 Å². The molecule has 1 unspecified atom stereocenters. The minimum absolute atomic E-state index is 0.0568. The molecule has 0 saturated carbocycles. The summed E-state index contributed by atoms with van der Waals surface area (Å²) < 4.78 is 39.9. The second kappa shape index (κ2) is 7.90. The van der Waals surface area contributed by atoms with Gasteiger partial charge in [0.15, 0.2) is 5.82 Å². The number of aromatic nitrogens is 3. The minimum Gasteiger partial charge on any atom is -0.484 e. The van der Waals surface area contributed by atoms with Gasteiger partial charge in [0.05, 0.1) is 24.6 Å². The van der Waals surface area contributed by atoms with Crippen LogP contribution in [-0.2, 0) is 4.74 Å². The van der Waals surface area contributed by atoms with Gasteiger partial charge in [-0.05, 0) is 43.3 Å². The molecular weight excluding hydrogens is 392 g/mol. The van der Waals surface area contributed by atoms with Crippen molar-refractivity contribution in [3.05, 3.63) is 83.8 Å². The number of hydrogen-bond acceptors (Lipinski definition) is 5. The van der Waals surface area contributed by atoms with Gasteiger partial charge in [-0.3, -0.25) is 0 Å². The Kier molecular flexibility index (Phi) is 5.14. The first-order valence-electron chi connectivity index (χ1n) is 9.10. The van der Waals surface area contributed by atoms with E-state index < -0.39 is 23.7 Å². The van der Waals surface area contributed by atoms with Crippen LogP contribution in [0.2, 0.25) is 0 Å². The van der Waals surface area contributed by atoms with Gasteiger partial charge in [-0.25, -0.2) is 23.2 Å². The van der Waals surface area contributed by atoms with Crippen LogP contribution in [0.15, 0.2) is 61.1 Å². The lowest BCUT2D eigenvalue weighted by molar-refractivity contribution is 0.0600. The van der Waals surface area contributed by atoms with E-state index in [1.807, 2.05) is 0 Å². The lowest BCUT2D eigenvalue weighted by atomic mass is 10.0. The quantitative estimate of drug-likeness (QED) is 0.450. The molecule has 0 aliphatic heterocycles. The van der Waals surface area contributed by atoms with E-state index in [1.165, 1.54) is 25.4 Å². The molecule has 0 aliphatic rings. The number of rotatable bonds is 5. The first kappa shape index (κ1) is 19.5. The molecule has 4 aromatic rings. The highest BCUT2D eigenvalue weighted by atomic mass is 19.1. The van der Waals surface area contributed by atoms with E-state index in [2.05, 4.69) is 10.1 Å². The van der Waals surface area contributed by atoms with Crippen LogP contribution in [-0.4, -0.2) is 27.8 Å². The van der Waals surface area contributed by atoms with Crippen LogP contribution in [0.4, 0.5) is 8.78 Å². The Labute approximate surface area is 170 Å². The summed E-state index contributed by atoms with van der Waals surface area (Å²) in [6.45, 7) is 1.79. The van der Waals surface area contributed by atoms with Gasteiger partial charge in [0, 0.05) is 29.4 Å². The molecule has 0 bridgehead atoms.